The number of nitrogens with two attached hydrogens (primary N) is 1. The van der Waals surface area contributed by atoms with Crippen LogP contribution in [0.5, 0.6) is 0 Å². The molecule has 2 aliphatic heterocycles. The van der Waals surface area contributed by atoms with Gasteiger partial charge < -0.3 is 25.0 Å². The van der Waals surface area contributed by atoms with Crippen LogP contribution < -0.4 is 5.73 Å². The summed E-state index contributed by atoms with van der Waals surface area (Å²) in [4.78, 5) is 29.6. The largest absolute Gasteiger partial charge is 0.465 e. The molecule has 1 saturated heterocycles. The van der Waals surface area contributed by atoms with Gasteiger partial charge in [0.25, 0.3) is 0 Å². The number of hydrogen-bond donors (Lipinski definition) is 1. The van der Waals surface area contributed by atoms with Crippen molar-refractivity contribution >= 4 is 35.5 Å². The summed E-state index contributed by atoms with van der Waals surface area (Å²) in [6.07, 6.45) is 8.31. The highest BCUT2D eigenvalue weighted by atomic mass is 32.2. The second-order valence-electron chi connectivity index (χ2n) is 9.14. The Hall–Kier alpha value is -2.84. The highest BCUT2D eigenvalue weighted by molar-refractivity contribution is 8.15. The van der Waals surface area contributed by atoms with Crippen molar-refractivity contribution in [3.8, 4) is 12.3 Å². The van der Waals surface area contributed by atoms with Crippen molar-refractivity contribution in [3.05, 3.63) is 24.9 Å². The number of hydrogen-bond acceptors (Lipinski definition) is 9. The van der Waals surface area contributed by atoms with Crippen molar-refractivity contribution in [1.29, 1.82) is 0 Å². The summed E-state index contributed by atoms with van der Waals surface area (Å²) in [6, 6.07) is -0.0719. The fourth-order valence-electron chi connectivity index (χ4n) is 5.05. The highest BCUT2D eigenvalue weighted by Crippen LogP contribution is 2.66. The van der Waals surface area contributed by atoms with E-state index in [4.69, 9.17) is 26.6 Å². The van der Waals surface area contributed by atoms with E-state index in [1.807, 2.05) is 11.8 Å². The maximum absolute atomic E-state index is 16.0. The summed E-state index contributed by atoms with van der Waals surface area (Å²) in [5.41, 5.74) is 3.57. The lowest BCUT2D eigenvalue weighted by Crippen LogP contribution is -2.66. The van der Waals surface area contributed by atoms with E-state index in [9.17, 15) is 4.79 Å². The van der Waals surface area contributed by atoms with Crippen LogP contribution >= 0.6 is 11.8 Å². The molecule has 1 saturated carbocycles. The molecule has 1 amide bonds. The van der Waals surface area contributed by atoms with Gasteiger partial charge in [-0.1, -0.05) is 24.3 Å². The van der Waals surface area contributed by atoms with E-state index in [1.54, 1.807) is 20.9 Å². The molecule has 35 heavy (non-hydrogen) atoms. The first-order valence-corrected chi connectivity index (χ1v) is 12.1. The van der Waals surface area contributed by atoms with E-state index in [0.29, 0.717) is 26.2 Å². The minimum Gasteiger partial charge on any atom is -0.465 e. The number of nitrogens with zero attached hydrogens (tertiary/aromatic N) is 5. The Bertz CT molecular complexity index is 1030. The summed E-state index contributed by atoms with van der Waals surface area (Å²) in [5.74, 6) is 1.42. The van der Waals surface area contributed by atoms with Crippen molar-refractivity contribution < 1.29 is 18.7 Å². The van der Waals surface area contributed by atoms with Gasteiger partial charge in [-0.15, -0.1) is 6.42 Å². The van der Waals surface area contributed by atoms with Gasteiger partial charge >= 0.3 is 0 Å². The van der Waals surface area contributed by atoms with Crippen LogP contribution in [0.25, 0.3) is 0 Å². The van der Waals surface area contributed by atoms with Crippen molar-refractivity contribution in [3.63, 3.8) is 0 Å². The number of carbonyl (C=O) groups excluding carboxylic acids is 1. The monoisotopic (exact) mass is 504 g/mol. The van der Waals surface area contributed by atoms with Gasteiger partial charge in [0, 0.05) is 25.7 Å². The summed E-state index contributed by atoms with van der Waals surface area (Å²) in [7, 11) is 1.63. The van der Waals surface area contributed by atoms with Crippen LogP contribution in [0, 0.1) is 18.3 Å². The van der Waals surface area contributed by atoms with Gasteiger partial charge in [-0.25, -0.2) is 4.99 Å². The van der Waals surface area contributed by atoms with E-state index in [-0.39, 0.29) is 35.5 Å². The molecule has 1 aliphatic carbocycles. The maximum atomic E-state index is 16.0. The molecule has 190 valence electrons. The summed E-state index contributed by atoms with van der Waals surface area (Å²) in [6.45, 7) is 13.8. The average molecular weight is 505 g/mol. The number of terminal acetylenes is 1. The van der Waals surface area contributed by atoms with E-state index in [1.165, 1.54) is 22.9 Å². The average Bonchev–Trinajstić information content (AvgIpc) is 3.57. The molecule has 2 N–H and O–H groups in total. The predicted molar refractivity (Wildman–Crippen MR) is 138 cm³/mol. The van der Waals surface area contributed by atoms with Gasteiger partial charge in [-0.05, 0) is 33.9 Å². The molecule has 0 aromatic rings. The molecule has 11 heteroatoms. The zero-order valence-corrected chi connectivity index (χ0v) is 21.5. The van der Waals surface area contributed by atoms with Gasteiger partial charge in [0.1, 0.15) is 10.3 Å². The van der Waals surface area contributed by atoms with Gasteiger partial charge in [-0.3, -0.25) is 14.8 Å². The number of fused-ring (bicyclic) bond motifs is 1. The fraction of sp³-hybridized carbons (Fsp3) is 0.583. The Morgan fingerprint density at radius 2 is 2.34 bits per heavy atom. The molecule has 0 aromatic carbocycles. The Kier molecular flexibility index (Phi) is 7.67. The lowest BCUT2D eigenvalue weighted by Gasteiger charge is -2.51. The Morgan fingerprint density at radius 1 is 1.63 bits per heavy atom. The predicted octanol–water partition coefficient (Wildman–Crippen LogP) is 2.16. The molecule has 9 nitrogen and oxygen atoms in total. The van der Waals surface area contributed by atoms with Crippen LogP contribution in [0.3, 0.4) is 0 Å². The van der Waals surface area contributed by atoms with Crippen LogP contribution in [0.15, 0.2) is 39.8 Å². The van der Waals surface area contributed by atoms with Gasteiger partial charge in [0.15, 0.2) is 11.8 Å². The minimum absolute atomic E-state index is 0.0365. The summed E-state index contributed by atoms with van der Waals surface area (Å²) in [5, 5.41) is 0.207. The molecule has 1 unspecified atom stereocenters. The molecular weight excluding hydrogens is 471 g/mol. The van der Waals surface area contributed by atoms with E-state index < -0.39 is 21.8 Å². The Labute approximate surface area is 210 Å². The second kappa shape index (κ2) is 10.0. The molecule has 5 atom stereocenters. The third-order valence-electron chi connectivity index (χ3n) is 7.31. The molecule has 0 bridgehead atoms. The number of ether oxygens (including phenoxy) is 2. The van der Waals surface area contributed by atoms with Crippen molar-refractivity contribution in [2.24, 2.45) is 26.6 Å². The second-order valence-corrected chi connectivity index (χ2v) is 10.5. The van der Waals surface area contributed by atoms with Crippen molar-refractivity contribution in [2.75, 3.05) is 33.4 Å². The molecule has 3 aliphatic rings. The van der Waals surface area contributed by atoms with Crippen LogP contribution in [-0.4, -0.2) is 88.8 Å². The zero-order valence-electron chi connectivity index (χ0n) is 20.7. The highest BCUT2D eigenvalue weighted by Gasteiger charge is 2.76. The Balaban J connectivity index is 2.10. The van der Waals surface area contributed by atoms with Gasteiger partial charge in [-0.2, -0.15) is 4.39 Å². The molecule has 0 radical (unpaired) electrons. The first-order valence-electron chi connectivity index (χ1n) is 11.3. The lowest BCUT2D eigenvalue weighted by molar-refractivity contribution is -0.139. The first kappa shape index (κ1) is 26.8. The number of amides is 1. The molecule has 0 spiro atoms. The van der Waals surface area contributed by atoms with Crippen LogP contribution in [0.2, 0.25) is 0 Å². The van der Waals surface area contributed by atoms with Crippen LogP contribution in [0.1, 0.15) is 27.2 Å². The Morgan fingerprint density at radius 3 is 2.94 bits per heavy atom. The van der Waals surface area contributed by atoms with Gasteiger partial charge in [0.2, 0.25) is 17.8 Å². The fourth-order valence-corrected chi connectivity index (χ4v) is 6.49. The number of amidine groups is 1. The van der Waals surface area contributed by atoms with E-state index in [2.05, 4.69) is 29.2 Å². The van der Waals surface area contributed by atoms with Gasteiger partial charge in [0.05, 0.1) is 31.0 Å². The van der Waals surface area contributed by atoms with E-state index in [0.717, 1.165) is 6.20 Å². The third-order valence-corrected chi connectivity index (χ3v) is 8.60. The number of aliphatic imine (C=N–C) groups is 3. The minimum atomic E-state index is -1.54. The molecule has 2 fully saturated rings. The smallest absolute Gasteiger partial charge is 0.240 e. The van der Waals surface area contributed by atoms with Crippen molar-refractivity contribution in [1.82, 2.24) is 9.80 Å². The number of morpholine rings is 1. The third kappa shape index (κ3) is 4.34. The normalized spacial score (nSPS) is 32.3. The number of likely N-dealkylation sites (N-methyl/N-ethyl adjacent to an activating group) is 1. The summed E-state index contributed by atoms with van der Waals surface area (Å²) >= 11 is 1.25. The van der Waals surface area contributed by atoms with Crippen molar-refractivity contribution in [2.45, 2.75) is 49.1 Å². The molecular formula is C24H33FN6O3S. The van der Waals surface area contributed by atoms with Crippen LogP contribution in [0.4, 0.5) is 4.39 Å². The maximum Gasteiger partial charge on any atom is 0.240 e. The quantitative estimate of drug-likeness (QED) is 0.293. The standard InChI is InChI=1S/C24H33FN6O3S/c1-8-11-34-18(14-27-6)30(7)23(5,19(25)28-9-2)22(4)17-13-24(17,35-21(26)29-22)20(32)31-10-12-33-15-16(31)3/h1,9,14,16-17H,2,6,10-13,15H2,3-5,7H3,(H2,26,29)/b18-14+,28-19?/t16-,17+,22+,23?,24+/m1/s1. The van der Waals surface area contributed by atoms with E-state index >= 15 is 4.39 Å². The molecule has 0 aromatic heterocycles. The number of thioether (sulfide) groups is 1. The molecule has 3 rings (SSSR count). The number of halogens is 1. The first-order chi connectivity index (χ1) is 16.5. The van der Waals surface area contributed by atoms with Crippen LogP contribution in [-0.2, 0) is 14.3 Å². The number of rotatable bonds is 9. The summed E-state index contributed by atoms with van der Waals surface area (Å²) < 4.78 is 26.3. The lowest BCUT2D eigenvalue weighted by atomic mass is 9.73. The SMILES string of the molecule is C#CCO/C(=C/N=C)N(C)C(C)(C(F)=NC=C)[C@@]1(C)N=C(N)S[C@@]2(C(=O)N3CCOC[C@H]3C)C[C@@H]12. The topological polar surface area (TPSA) is 105 Å². The number of carbonyl (C=O) groups is 1. The zero-order chi connectivity index (χ0) is 26.0. The molecule has 2 heterocycles.